The Hall–Kier alpha value is -1.53. The minimum atomic E-state index is 0. The fourth-order valence-electron chi connectivity index (χ4n) is 5.55. The largest absolute Gasteiger partial charge is 0.358 e. The van der Waals surface area contributed by atoms with E-state index in [0.717, 1.165) is 6.42 Å². The smallest absolute Gasteiger partial charge is 0.358 e. The average molecular weight is 725 g/mol. The number of benzene rings is 3. The van der Waals surface area contributed by atoms with Crippen LogP contribution in [0, 0.1) is 57.7 Å². The van der Waals surface area contributed by atoms with Gasteiger partial charge in [0.15, 0.2) is 0 Å². The van der Waals surface area contributed by atoms with Gasteiger partial charge in [0, 0.05) is 0 Å². The van der Waals surface area contributed by atoms with E-state index >= 15 is 0 Å². The first-order chi connectivity index (χ1) is 19.4. The first-order valence-electron chi connectivity index (χ1n) is 15.2. The van der Waals surface area contributed by atoms with Crippen molar-refractivity contribution in [2.24, 2.45) is 11.3 Å². The van der Waals surface area contributed by atoms with Crippen LogP contribution < -0.4 is 0 Å². The normalized spacial score (nSPS) is 14.1. The zero-order valence-electron chi connectivity index (χ0n) is 30.5. The molecule has 5 rings (SSSR count). The van der Waals surface area contributed by atoms with E-state index in [9.17, 15) is 0 Å². The van der Waals surface area contributed by atoms with E-state index in [1.807, 2.05) is 24.3 Å². The topological polar surface area (TPSA) is 0 Å². The molecule has 1 unspecified atom stereocenters. The second-order valence-electron chi connectivity index (χ2n) is 14.8. The molecule has 0 aliphatic heterocycles. The predicted octanol–water partition coefficient (Wildman–Crippen LogP) is 12.3. The molecule has 0 heterocycles. The summed E-state index contributed by atoms with van der Waals surface area (Å²) in [5, 5.41) is 0. The minimum absolute atomic E-state index is 0. The van der Waals surface area contributed by atoms with Crippen molar-refractivity contribution >= 4 is 29.0 Å². The van der Waals surface area contributed by atoms with Gasteiger partial charge in [0.2, 0.25) is 0 Å². The number of aryl methyl sites for hydroxylation is 3. The Balaban J connectivity index is 0. The van der Waals surface area contributed by atoms with Gasteiger partial charge in [0.25, 0.3) is 0 Å². The minimum Gasteiger partial charge on any atom is -0.358 e. The van der Waals surface area contributed by atoms with E-state index in [1.54, 1.807) is 0 Å². The van der Waals surface area contributed by atoms with Crippen molar-refractivity contribution < 1.29 is 24.2 Å². The van der Waals surface area contributed by atoms with Crippen LogP contribution in [0.25, 0.3) is 11.1 Å². The van der Waals surface area contributed by atoms with Crippen LogP contribution in [0.15, 0.2) is 60.2 Å². The van der Waals surface area contributed by atoms with Gasteiger partial charge in [-0.3, -0.25) is 6.08 Å². The van der Waals surface area contributed by atoms with Crippen molar-refractivity contribution in [2.75, 3.05) is 0 Å². The van der Waals surface area contributed by atoms with Crippen LogP contribution in [-0.4, -0.2) is 4.21 Å². The van der Waals surface area contributed by atoms with E-state index in [2.05, 4.69) is 143 Å². The average Bonchev–Trinajstić information content (AvgIpc) is 3.47. The third-order valence-corrected chi connectivity index (χ3v) is 7.76. The number of hydrogen-bond donors (Lipinski definition) is 0. The molecule has 2 aliphatic rings. The standard InChI is InChI=1S/C23H29.C10H15.C7H7.CH3.CH2.2ClH.Zr/c1-14-9-16-11-17-10-15(2)21(23(6,7)8)13-19(17)18(16)12-20(14)22(3,4)5;1-8-5-6-9(7-8)10(2,3)4;1-7-5-3-2-4-6-7;;;;;/h9,12-13H,11H2,1-8H3;6-8H,1-4H3;3-6H,1H3;1H3;1H2;2*1H;/q4*-1;;;;. The molecule has 3 aromatic rings. The Morgan fingerprint density at radius 3 is 1.64 bits per heavy atom. The van der Waals surface area contributed by atoms with Crippen molar-refractivity contribution in [3.05, 3.63) is 125 Å². The van der Waals surface area contributed by atoms with Crippen LogP contribution in [0.4, 0.5) is 0 Å². The van der Waals surface area contributed by atoms with Gasteiger partial charge in [-0.05, 0) is 35.4 Å². The molecule has 0 fully saturated rings. The summed E-state index contributed by atoms with van der Waals surface area (Å²) in [7, 11) is 0. The molecule has 3 aromatic carbocycles. The summed E-state index contributed by atoms with van der Waals surface area (Å²) in [6, 6.07) is 21.8. The van der Waals surface area contributed by atoms with E-state index < -0.39 is 0 Å². The first kappa shape index (κ1) is 45.6. The molecule has 2 aliphatic carbocycles. The molecule has 0 radical (unpaired) electrons. The third-order valence-electron chi connectivity index (χ3n) is 7.76. The molecule has 0 amide bonds. The Labute approximate surface area is 305 Å². The second-order valence-corrected chi connectivity index (χ2v) is 14.8. The van der Waals surface area contributed by atoms with Crippen LogP contribution in [0.3, 0.4) is 0 Å². The molecule has 0 aromatic heterocycles. The van der Waals surface area contributed by atoms with E-state index in [0.29, 0.717) is 11.3 Å². The molecular weight excluding hydrogens is 667 g/mol. The van der Waals surface area contributed by atoms with Gasteiger partial charge in [-0.25, -0.2) is 6.08 Å². The molecule has 0 saturated heterocycles. The van der Waals surface area contributed by atoms with E-state index in [-0.39, 0.29) is 43.1 Å². The number of allylic oxidation sites excluding steroid dienone is 4. The fourth-order valence-corrected chi connectivity index (χ4v) is 5.55. The molecular formula is C42H58Cl2Zr-4. The molecule has 0 bridgehead atoms. The fraction of sp³-hybridized carbons (Fsp3) is 0.429. The molecule has 0 nitrogen and oxygen atoms in total. The Morgan fingerprint density at radius 1 is 0.756 bits per heavy atom. The van der Waals surface area contributed by atoms with Crippen LogP contribution in [0.5, 0.6) is 0 Å². The quantitative estimate of drug-likeness (QED) is 0.158. The number of hydrogen-bond acceptors (Lipinski definition) is 0. The summed E-state index contributed by atoms with van der Waals surface area (Å²) in [5.74, 6) is 0.522. The van der Waals surface area contributed by atoms with Crippen molar-refractivity contribution in [3.8, 4) is 11.1 Å². The van der Waals surface area contributed by atoms with Gasteiger partial charge in [0.1, 0.15) is 0 Å². The van der Waals surface area contributed by atoms with Gasteiger partial charge >= 0.3 is 28.4 Å². The predicted molar refractivity (Wildman–Crippen MR) is 203 cm³/mol. The molecule has 1 atom stereocenters. The summed E-state index contributed by atoms with van der Waals surface area (Å²) in [6.07, 6.45) is 8.68. The molecule has 0 spiro atoms. The summed E-state index contributed by atoms with van der Waals surface area (Å²) in [5.41, 5.74) is 14.6. The van der Waals surface area contributed by atoms with Crippen LogP contribution in [0.2, 0.25) is 0 Å². The third kappa shape index (κ3) is 12.9. The van der Waals surface area contributed by atoms with Crippen molar-refractivity contribution in [1.29, 1.82) is 0 Å². The van der Waals surface area contributed by atoms with Gasteiger partial charge < -0.3 is 7.43 Å². The Bertz CT molecular complexity index is 1340. The van der Waals surface area contributed by atoms with E-state index in [1.165, 1.54) is 79.9 Å². The van der Waals surface area contributed by atoms with Crippen molar-refractivity contribution in [2.45, 2.75) is 107 Å². The van der Waals surface area contributed by atoms with E-state index in [4.69, 9.17) is 0 Å². The monoisotopic (exact) mass is 722 g/mol. The number of fused-ring (bicyclic) bond motifs is 3. The molecule has 0 saturated carbocycles. The van der Waals surface area contributed by atoms with Gasteiger partial charge in [-0.2, -0.15) is 65.2 Å². The SMILES string of the molecule is CC1[C-]=CC(C(C)(C)C)=C1.Cc1[c-]c2c(cc1C(C)(C)C)-c1cc(C(C)(C)C)c(C)cc1C2.Cc1cc[c-]cc1.Cl.Cl.[CH2]=[Zr].[CH3-]. The zero-order valence-corrected chi connectivity index (χ0v) is 34.6. The zero-order chi connectivity index (χ0) is 32.0. The van der Waals surface area contributed by atoms with Crippen LogP contribution >= 0.6 is 24.8 Å². The van der Waals surface area contributed by atoms with Crippen LogP contribution in [-0.2, 0) is 41.5 Å². The maximum absolute atomic E-state index is 3.69. The van der Waals surface area contributed by atoms with Gasteiger partial charge in [-0.1, -0.05) is 118 Å². The molecule has 45 heavy (non-hydrogen) atoms. The Kier molecular flexibility index (Phi) is 19.0. The van der Waals surface area contributed by atoms with Gasteiger partial charge in [-0.15, -0.1) is 41.5 Å². The molecule has 0 N–H and O–H groups in total. The first-order valence-corrected chi connectivity index (χ1v) is 16.9. The second kappa shape index (κ2) is 18.7. The molecule has 248 valence electrons. The summed E-state index contributed by atoms with van der Waals surface area (Å²) in [6.45, 7) is 29.2. The van der Waals surface area contributed by atoms with Crippen LogP contribution in [0.1, 0.15) is 108 Å². The number of halogens is 2. The van der Waals surface area contributed by atoms with Gasteiger partial charge in [0.05, 0.1) is 0 Å². The van der Waals surface area contributed by atoms with Crippen molar-refractivity contribution in [1.82, 2.24) is 0 Å². The van der Waals surface area contributed by atoms with Crippen molar-refractivity contribution in [3.63, 3.8) is 0 Å². The summed E-state index contributed by atoms with van der Waals surface area (Å²) in [4.78, 5) is 0. The maximum Gasteiger partial charge on any atom is -0.358 e. The number of rotatable bonds is 0. The summed E-state index contributed by atoms with van der Waals surface area (Å²) >= 11 is 1.30. The maximum atomic E-state index is 3.69. The molecule has 3 heteroatoms. The summed E-state index contributed by atoms with van der Waals surface area (Å²) < 4.78 is 3.34. The Morgan fingerprint density at radius 2 is 1.27 bits per heavy atom.